The van der Waals surface area contributed by atoms with E-state index in [-0.39, 0.29) is 20.5 Å². The van der Waals surface area contributed by atoms with Gasteiger partial charge in [-0.25, -0.2) is 0 Å². The van der Waals surface area contributed by atoms with Crippen LogP contribution in [0.3, 0.4) is 0 Å². The third kappa shape index (κ3) is 8.51. The average Bonchev–Trinajstić information content (AvgIpc) is 3.14. The Kier molecular flexibility index (Phi) is 11.0. The molecule has 0 N–H and O–H groups in total. The van der Waals surface area contributed by atoms with Crippen molar-refractivity contribution in [3.8, 4) is 0 Å². The molecule has 0 amide bonds. The predicted octanol–water partition coefficient (Wildman–Crippen LogP) is 12.0. The number of benzene rings is 6. The van der Waals surface area contributed by atoms with Crippen molar-refractivity contribution in [3.63, 3.8) is 0 Å². The number of carbonyl (C=O) groups is 4. The minimum atomic E-state index is -0.194. The fourth-order valence-electron chi connectivity index (χ4n) is 4.90. The molecule has 4 nitrogen and oxygen atoms in total. The maximum Gasteiger partial charge on any atom is 0.224 e. The molecule has 8 bridgehead atoms. The van der Waals surface area contributed by atoms with Gasteiger partial charge in [0, 0.05) is 61.4 Å². The van der Waals surface area contributed by atoms with E-state index in [0.717, 1.165) is 86.2 Å². The standard InChI is InChI=1S/C40H24O4S6/c41-37-33-5-1-2-6-34(33)38(42)48-30-19-11-26(12-20-30)46-28-15-23-32(24-16-28)50-40(44)36-8-4-3-7-35(36)39(43)49-31-21-13-27(14-22-31)45-25-9-17-29(47-37)18-10-25/h1-24H. The van der Waals surface area contributed by atoms with Crippen LogP contribution >= 0.6 is 70.6 Å². The molecule has 6 aromatic rings. The van der Waals surface area contributed by atoms with Gasteiger partial charge in [-0.2, -0.15) is 0 Å². The maximum absolute atomic E-state index is 13.4. The van der Waals surface area contributed by atoms with E-state index in [4.69, 9.17) is 0 Å². The molecule has 0 fully saturated rings. The van der Waals surface area contributed by atoms with Crippen LogP contribution in [0, 0.1) is 0 Å². The molecule has 7 aliphatic rings. The second-order valence-corrected chi connectivity index (χ2v) is 17.2. The second-order valence-electron chi connectivity index (χ2n) is 10.7. The molecule has 0 saturated heterocycles. The lowest BCUT2D eigenvalue weighted by molar-refractivity contribution is 0.106. The topological polar surface area (TPSA) is 68.3 Å². The summed E-state index contributed by atoms with van der Waals surface area (Å²) in [5.41, 5.74) is 1.51. The quantitative estimate of drug-likeness (QED) is 0.149. The van der Waals surface area contributed by atoms with Crippen LogP contribution in [0.25, 0.3) is 0 Å². The molecule has 0 aromatic heterocycles. The molecule has 6 aromatic carbocycles. The lowest BCUT2D eigenvalue weighted by atomic mass is 10.1. The highest BCUT2D eigenvalue weighted by Gasteiger charge is 2.21. The second kappa shape index (κ2) is 16.0. The van der Waals surface area contributed by atoms with Gasteiger partial charge in [0.25, 0.3) is 0 Å². The van der Waals surface area contributed by atoms with Crippen LogP contribution in [0.5, 0.6) is 0 Å². The van der Waals surface area contributed by atoms with Gasteiger partial charge in [0.2, 0.25) is 20.5 Å². The summed E-state index contributed by atoms with van der Waals surface area (Å²) in [6, 6.07) is 44.8. The first kappa shape index (κ1) is 34.5. The highest BCUT2D eigenvalue weighted by Crippen LogP contribution is 2.36. The van der Waals surface area contributed by atoms with Crippen LogP contribution in [0.4, 0.5) is 0 Å². The summed E-state index contributed by atoms with van der Waals surface area (Å²) >= 11 is 7.52. The average molecular weight is 761 g/mol. The molecule has 10 heteroatoms. The third-order valence-corrected chi connectivity index (χ3v) is 13.0. The van der Waals surface area contributed by atoms with Gasteiger partial charge in [-0.15, -0.1) is 0 Å². The summed E-state index contributed by atoms with van der Waals surface area (Å²) in [6.45, 7) is 0. The molecule has 7 heterocycles. The Bertz CT molecular complexity index is 1900. The van der Waals surface area contributed by atoms with Crippen molar-refractivity contribution in [2.24, 2.45) is 0 Å². The molecule has 0 saturated carbocycles. The van der Waals surface area contributed by atoms with E-state index < -0.39 is 0 Å². The van der Waals surface area contributed by atoms with Gasteiger partial charge < -0.3 is 0 Å². The summed E-state index contributed by atoms with van der Waals surface area (Å²) in [7, 11) is 0. The van der Waals surface area contributed by atoms with E-state index in [0.29, 0.717) is 22.3 Å². The summed E-state index contributed by atoms with van der Waals surface area (Å²) < 4.78 is 0. The van der Waals surface area contributed by atoms with Gasteiger partial charge in [-0.3, -0.25) is 19.2 Å². The van der Waals surface area contributed by atoms with Crippen molar-refractivity contribution in [2.75, 3.05) is 0 Å². The Morgan fingerprint density at radius 3 is 0.560 bits per heavy atom. The highest BCUT2D eigenvalue weighted by molar-refractivity contribution is 8.15. The number of hydrogen-bond acceptors (Lipinski definition) is 10. The summed E-state index contributed by atoms with van der Waals surface area (Å²) in [6.07, 6.45) is 0. The predicted molar refractivity (Wildman–Crippen MR) is 208 cm³/mol. The van der Waals surface area contributed by atoms with Crippen molar-refractivity contribution in [3.05, 3.63) is 168 Å². The molecule has 0 radical (unpaired) electrons. The minimum absolute atomic E-state index is 0.194. The van der Waals surface area contributed by atoms with Crippen molar-refractivity contribution >= 4 is 91.0 Å². The number of thioether (sulfide) groups is 4. The summed E-state index contributed by atoms with van der Waals surface area (Å²) in [5.74, 6) is 0. The largest absolute Gasteiger partial charge is 0.281 e. The van der Waals surface area contributed by atoms with Crippen LogP contribution in [-0.4, -0.2) is 20.5 Å². The zero-order valence-corrected chi connectivity index (χ0v) is 30.8. The van der Waals surface area contributed by atoms with E-state index in [1.165, 1.54) is 0 Å². The van der Waals surface area contributed by atoms with Crippen molar-refractivity contribution in [1.82, 2.24) is 0 Å². The molecule has 50 heavy (non-hydrogen) atoms. The fourth-order valence-corrected chi connectivity index (χ4v) is 9.63. The van der Waals surface area contributed by atoms with Gasteiger partial charge in [-0.1, -0.05) is 47.8 Å². The van der Waals surface area contributed by atoms with E-state index in [2.05, 4.69) is 0 Å². The van der Waals surface area contributed by atoms with E-state index in [1.807, 2.05) is 97.1 Å². The number of carbonyl (C=O) groups excluding carboxylic acids is 4. The molecule has 13 rings (SSSR count). The molecule has 0 unspecified atom stereocenters. The maximum atomic E-state index is 13.4. The molecular formula is C40H24O4S6. The fraction of sp³-hybridized carbons (Fsp3) is 0. The summed E-state index contributed by atoms with van der Waals surface area (Å²) in [4.78, 5) is 60.7. The zero-order chi connectivity index (χ0) is 34.5. The normalized spacial score (nSPS) is 14.1. The molecule has 0 aliphatic carbocycles. The van der Waals surface area contributed by atoms with Crippen molar-refractivity contribution < 1.29 is 19.2 Å². The monoisotopic (exact) mass is 760 g/mol. The van der Waals surface area contributed by atoms with E-state index in [1.54, 1.807) is 72.1 Å². The van der Waals surface area contributed by atoms with Crippen LogP contribution in [0.2, 0.25) is 0 Å². The van der Waals surface area contributed by atoms with E-state index >= 15 is 0 Å². The number of rotatable bonds is 0. The lowest BCUT2D eigenvalue weighted by Gasteiger charge is -2.10. The van der Waals surface area contributed by atoms with Gasteiger partial charge in [0.15, 0.2) is 0 Å². The van der Waals surface area contributed by atoms with Crippen LogP contribution < -0.4 is 0 Å². The molecule has 0 spiro atoms. The van der Waals surface area contributed by atoms with Crippen molar-refractivity contribution in [2.45, 2.75) is 39.2 Å². The number of hydrogen-bond donors (Lipinski definition) is 0. The van der Waals surface area contributed by atoms with Gasteiger partial charge >= 0.3 is 0 Å². The SMILES string of the molecule is O=C1Sc2ccc(cc2)Sc2ccc(cc2)SC(=O)c2ccccc2C(=O)Sc2ccc(cc2)Sc2ccc(cc2)SC(=O)c2ccccc21. The van der Waals surface area contributed by atoms with Crippen LogP contribution in [0.15, 0.2) is 185 Å². The Morgan fingerprint density at radius 1 is 0.220 bits per heavy atom. The molecule has 244 valence electrons. The highest BCUT2D eigenvalue weighted by atomic mass is 32.2. The first-order valence-electron chi connectivity index (χ1n) is 15.2. The zero-order valence-electron chi connectivity index (χ0n) is 25.9. The Labute approximate surface area is 315 Å². The Balaban J connectivity index is 1.17. The third-order valence-electron chi connectivity index (χ3n) is 7.34. The Hall–Kier alpha value is -3.90. The van der Waals surface area contributed by atoms with Gasteiger partial charge in [-0.05, 0) is 168 Å². The molecule has 0 atom stereocenters. The lowest BCUT2D eigenvalue weighted by Crippen LogP contribution is -2.04. The Morgan fingerprint density at radius 2 is 0.380 bits per heavy atom. The van der Waals surface area contributed by atoms with Gasteiger partial charge in [0.1, 0.15) is 0 Å². The van der Waals surface area contributed by atoms with Crippen molar-refractivity contribution in [1.29, 1.82) is 0 Å². The van der Waals surface area contributed by atoms with E-state index in [9.17, 15) is 19.2 Å². The smallest absolute Gasteiger partial charge is 0.224 e. The first-order chi connectivity index (χ1) is 24.4. The first-order valence-corrected chi connectivity index (χ1v) is 20.1. The summed E-state index contributed by atoms with van der Waals surface area (Å²) in [5, 5.41) is -0.776. The van der Waals surface area contributed by atoms with Gasteiger partial charge in [0.05, 0.1) is 0 Å². The van der Waals surface area contributed by atoms with Crippen LogP contribution in [0.1, 0.15) is 41.4 Å². The molecular weight excluding hydrogens is 737 g/mol. The van der Waals surface area contributed by atoms with Crippen LogP contribution in [-0.2, 0) is 0 Å². The molecule has 7 aliphatic heterocycles. The minimum Gasteiger partial charge on any atom is -0.281 e.